The molecule has 0 amide bonds. The van der Waals surface area contributed by atoms with Crippen molar-refractivity contribution in [1.29, 1.82) is 0 Å². The highest BCUT2D eigenvalue weighted by Gasteiger charge is 2.14. The maximum Gasteiger partial charge on any atom is 0.389 e. The third kappa shape index (κ3) is 3.40. The van der Waals surface area contributed by atoms with Crippen LogP contribution in [0.25, 0.3) is 0 Å². The number of nitro groups is 2. The maximum absolute atomic E-state index is 10.6. The van der Waals surface area contributed by atoms with E-state index in [1.165, 1.54) is 27.8 Å². The van der Waals surface area contributed by atoms with Gasteiger partial charge in [-0.05, 0) is 4.92 Å². The quantitative estimate of drug-likeness (QED) is 0.444. The number of aryl methyl sites for hydroxylation is 2. The van der Waals surface area contributed by atoms with Crippen LogP contribution in [-0.2, 0) is 19.5 Å². The Morgan fingerprint density at radius 1 is 1.12 bits per heavy atom. The molecule has 13 nitrogen and oxygen atoms in total. The molecule has 24 heavy (non-hydrogen) atoms. The second-order valence-corrected chi connectivity index (χ2v) is 4.69. The van der Waals surface area contributed by atoms with Gasteiger partial charge in [0, 0.05) is 13.0 Å². The molecular weight excluding hydrogens is 324 g/mol. The van der Waals surface area contributed by atoms with E-state index in [0.717, 1.165) is 6.20 Å². The molecule has 0 aliphatic heterocycles. The molecule has 0 spiro atoms. The highest BCUT2D eigenvalue weighted by atomic mass is 16.6. The first kappa shape index (κ1) is 15.3. The molecule has 0 unspecified atom stereocenters. The van der Waals surface area contributed by atoms with Crippen LogP contribution in [0, 0.1) is 20.2 Å². The van der Waals surface area contributed by atoms with E-state index in [-0.39, 0.29) is 23.9 Å². The third-order valence-electron chi connectivity index (χ3n) is 3.00. The molecule has 3 aromatic heterocycles. The number of rotatable bonds is 7. The van der Waals surface area contributed by atoms with Crippen molar-refractivity contribution >= 4 is 11.5 Å². The van der Waals surface area contributed by atoms with Gasteiger partial charge in [0.15, 0.2) is 0 Å². The number of aromatic nitrogens is 6. The smallest absolute Gasteiger partial charge is 0.389 e. The summed E-state index contributed by atoms with van der Waals surface area (Å²) >= 11 is 0. The van der Waals surface area contributed by atoms with Gasteiger partial charge in [0.1, 0.15) is 18.9 Å². The molecule has 124 valence electrons. The predicted molar refractivity (Wildman–Crippen MR) is 74.9 cm³/mol. The Bertz CT molecular complexity index is 881. The lowest BCUT2D eigenvalue weighted by Gasteiger charge is -1.96. The molecule has 0 radical (unpaired) electrons. The van der Waals surface area contributed by atoms with Crippen molar-refractivity contribution in [3.05, 3.63) is 56.7 Å². The molecular formula is C11H10N8O5. The first-order valence-electron chi connectivity index (χ1n) is 6.67. The Kier molecular flexibility index (Phi) is 3.96. The molecule has 0 atom stereocenters. The SMILES string of the molecule is O=[N+]([O-])c1cnn(CCc2nnc(Cn3ccc([N+](=O)[O-])n3)o2)c1. The van der Waals surface area contributed by atoms with E-state index in [0.29, 0.717) is 18.9 Å². The molecule has 3 heterocycles. The van der Waals surface area contributed by atoms with Crippen molar-refractivity contribution in [3.63, 3.8) is 0 Å². The van der Waals surface area contributed by atoms with E-state index in [1.54, 1.807) is 0 Å². The molecule has 13 heteroatoms. The van der Waals surface area contributed by atoms with Gasteiger partial charge in [-0.2, -0.15) is 9.78 Å². The van der Waals surface area contributed by atoms with Crippen LogP contribution in [0.4, 0.5) is 11.5 Å². The van der Waals surface area contributed by atoms with Crippen LogP contribution in [0.5, 0.6) is 0 Å². The van der Waals surface area contributed by atoms with Crippen molar-refractivity contribution in [3.8, 4) is 0 Å². The summed E-state index contributed by atoms with van der Waals surface area (Å²) in [4.78, 5) is 20.0. The van der Waals surface area contributed by atoms with Gasteiger partial charge in [-0.3, -0.25) is 14.8 Å². The largest absolute Gasteiger partial charge is 0.423 e. The second-order valence-electron chi connectivity index (χ2n) is 4.69. The molecule has 0 aromatic carbocycles. The third-order valence-corrected chi connectivity index (χ3v) is 3.00. The van der Waals surface area contributed by atoms with E-state index in [2.05, 4.69) is 20.4 Å². The fourth-order valence-corrected chi connectivity index (χ4v) is 1.91. The lowest BCUT2D eigenvalue weighted by Crippen LogP contribution is -2.02. The van der Waals surface area contributed by atoms with Crippen LogP contribution < -0.4 is 0 Å². The lowest BCUT2D eigenvalue weighted by molar-refractivity contribution is -0.389. The summed E-state index contributed by atoms with van der Waals surface area (Å²) in [7, 11) is 0. The van der Waals surface area contributed by atoms with Gasteiger partial charge in [-0.25, -0.2) is 0 Å². The van der Waals surface area contributed by atoms with Crippen LogP contribution in [0.15, 0.2) is 29.1 Å². The Balaban J connectivity index is 1.58. The zero-order valence-corrected chi connectivity index (χ0v) is 12.0. The topological polar surface area (TPSA) is 161 Å². The number of hydrogen-bond donors (Lipinski definition) is 0. The average Bonchev–Trinajstić information content (AvgIpc) is 3.26. The van der Waals surface area contributed by atoms with Crippen LogP contribution >= 0.6 is 0 Å². The van der Waals surface area contributed by atoms with Crippen LogP contribution in [0.1, 0.15) is 11.8 Å². The predicted octanol–water partition coefficient (Wildman–Crippen LogP) is 0.570. The van der Waals surface area contributed by atoms with E-state index in [4.69, 9.17) is 4.42 Å². The first-order chi connectivity index (χ1) is 11.5. The number of hydrogen-bond acceptors (Lipinski definition) is 9. The minimum Gasteiger partial charge on any atom is -0.423 e. The van der Waals surface area contributed by atoms with Crippen LogP contribution in [0.3, 0.4) is 0 Å². The Morgan fingerprint density at radius 2 is 1.92 bits per heavy atom. The van der Waals surface area contributed by atoms with Gasteiger partial charge in [0.2, 0.25) is 11.8 Å². The van der Waals surface area contributed by atoms with Gasteiger partial charge >= 0.3 is 11.5 Å². The normalized spacial score (nSPS) is 10.8. The highest BCUT2D eigenvalue weighted by molar-refractivity contribution is 5.20. The Labute approximate surface area is 132 Å². The summed E-state index contributed by atoms with van der Waals surface area (Å²) in [6.07, 6.45) is 4.24. The Morgan fingerprint density at radius 3 is 2.58 bits per heavy atom. The minimum atomic E-state index is -0.598. The summed E-state index contributed by atoms with van der Waals surface area (Å²) < 4.78 is 8.12. The summed E-state index contributed by atoms with van der Waals surface area (Å²) in [5.74, 6) is 0.300. The lowest BCUT2D eigenvalue weighted by atomic mass is 10.4. The monoisotopic (exact) mass is 334 g/mol. The van der Waals surface area contributed by atoms with Crippen molar-refractivity contribution in [2.24, 2.45) is 0 Å². The molecule has 0 saturated heterocycles. The first-order valence-corrected chi connectivity index (χ1v) is 6.67. The molecule has 0 saturated carbocycles. The molecule has 0 N–H and O–H groups in total. The molecule has 0 aliphatic rings. The van der Waals surface area contributed by atoms with E-state index < -0.39 is 9.85 Å². The number of nitrogens with zero attached hydrogens (tertiary/aromatic N) is 8. The van der Waals surface area contributed by atoms with Crippen molar-refractivity contribution < 1.29 is 14.3 Å². The van der Waals surface area contributed by atoms with Gasteiger partial charge < -0.3 is 14.5 Å². The van der Waals surface area contributed by atoms with Gasteiger partial charge in [-0.15, -0.1) is 10.2 Å². The van der Waals surface area contributed by atoms with Gasteiger partial charge in [0.05, 0.1) is 22.3 Å². The van der Waals surface area contributed by atoms with Crippen LogP contribution in [-0.4, -0.2) is 39.6 Å². The van der Waals surface area contributed by atoms with Gasteiger partial charge in [-0.1, -0.05) is 0 Å². The van der Waals surface area contributed by atoms with Crippen molar-refractivity contribution in [1.82, 2.24) is 29.8 Å². The average molecular weight is 334 g/mol. The zero-order valence-electron chi connectivity index (χ0n) is 12.0. The van der Waals surface area contributed by atoms with Gasteiger partial charge in [0.25, 0.3) is 0 Å². The fourth-order valence-electron chi connectivity index (χ4n) is 1.91. The van der Waals surface area contributed by atoms with E-state index in [1.807, 2.05) is 0 Å². The summed E-state index contributed by atoms with van der Waals surface area (Å²) in [6.45, 7) is 0.441. The maximum atomic E-state index is 10.6. The van der Waals surface area contributed by atoms with E-state index in [9.17, 15) is 20.2 Å². The molecule has 0 bridgehead atoms. The fraction of sp³-hybridized carbons (Fsp3) is 0.273. The molecule has 3 aromatic rings. The zero-order chi connectivity index (χ0) is 17.1. The summed E-state index contributed by atoms with van der Waals surface area (Å²) in [5.41, 5.74) is -0.0958. The second kappa shape index (κ2) is 6.23. The standard InChI is InChI=1S/C11H10N8O5/c20-18(21)8-5-12-16(6-8)4-2-10-13-14-11(24-10)7-17-3-1-9(15-17)19(22)23/h1,3,5-6H,2,4,7H2. The van der Waals surface area contributed by atoms with Crippen molar-refractivity contribution in [2.45, 2.75) is 19.5 Å². The van der Waals surface area contributed by atoms with Crippen LogP contribution in [0.2, 0.25) is 0 Å². The minimum absolute atomic E-state index is 0.0958. The molecule has 3 rings (SSSR count). The summed E-state index contributed by atoms with van der Waals surface area (Å²) in [5, 5.41) is 36.4. The highest BCUT2D eigenvalue weighted by Crippen LogP contribution is 2.10. The Hall–Kier alpha value is -3.64. The summed E-state index contributed by atoms with van der Waals surface area (Å²) in [6, 6.07) is 1.27. The molecule has 0 aliphatic carbocycles. The molecule has 0 fully saturated rings. The van der Waals surface area contributed by atoms with Crippen molar-refractivity contribution in [2.75, 3.05) is 0 Å². The van der Waals surface area contributed by atoms with E-state index >= 15 is 0 Å².